The first kappa shape index (κ1) is 13.8. The molecule has 0 atom stereocenters. The van der Waals surface area contributed by atoms with Crippen LogP contribution in [0.15, 0.2) is 30.6 Å². The zero-order valence-corrected chi connectivity index (χ0v) is 12.2. The number of nitrogens with zero attached hydrogens (tertiary/aromatic N) is 5. The van der Waals surface area contributed by atoms with E-state index in [1.807, 2.05) is 13.0 Å². The van der Waals surface area contributed by atoms with Crippen LogP contribution in [0.5, 0.6) is 0 Å². The van der Waals surface area contributed by atoms with Crippen molar-refractivity contribution in [3.8, 4) is 0 Å². The van der Waals surface area contributed by atoms with Crippen molar-refractivity contribution in [2.24, 2.45) is 5.73 Å². The summed E-state index contributed by atoms with van der Waals surface area (Å²) < 4.78 is 0. The van der Waals surface area contributed by atoms with Gasteiger partial charge >= 0.3 is 0 Å². The SMILES string of the molecule is Cc1nc(N2CCN(c3ncccn3)CC2)ccc1CN. The fraction of sp³-hybridized carbons (Fsp3) is 0.400. The van der Waals surface area contributed by atoms with Crippen molar-refractivity contribution < 1.29 is 0 Å². The molecule has 1 aliphatic rings. The van der Waals surface area contributed by atoms with Crippen LogP contribution >= 0.6 is 0 Å². The molecule has 1 fully saturated rings. The van der Waals surface area contributed by atoms with E-state index in [1.54, 1.807) is 12.4 Å². The van der Waals surface area contributed by atoms with Gasteiger partial charge in [-0.15, -0.1) is 0 Å². The molecule has 0 amide bonds. The lowest BCUT2D eigenvalue weighted by atomic mass is 10.2. The van der Waals surface area contributed by atoms with Crippen molar-refractivity contribution in [1.29, 1.82) is 0 Å². The molecule has 110 valence electrons. The summed E-state index contributed by atoms with van der Waals surface area (Å²) in [5, 5.41) is 0. The Bertz CT molecular complexity index is 592. The van der Waals surface area contributed by atoms with Crippen LogP contribution in [0.1, 0.15) is 11.3 Å². The van der Waals surface area contributed by atoms with Crippen molar-refractivity contribution >= 4 is 11.8 Å². The van der Waals surface area contributed by atoms with Gasteiger partial charge in [0.05, 0.1) is 0 Å². The van der Waals surface area contributed by atoms with Crippen LogP contribution in [0.3, 0.4) is 0 Å². The topological polar surface area (TPSA) is 71.2 Å². The number of anilines is 2. The first-order chi connectivity index (χ1) is 10.3. The smallest absolute Gasteiger partial charge is 0.225 e. The highest BCUT2D eigenvalue weighted by Gasteiger charge is 2.19. The van der Waals surface area contributed by atoms with E-state index in [4.69, 9.17) is 5.73 Å². The highest BCUT2D eigenvalue weighted by molar-refractivity contribution is 5.44. The highest BCUT2D eigenvalue weighted by atomic mass is 15.3. The molecule has 2 aromatic rings. The highest BCUT2D eigenvalue weighted by Crippen LogP contribution is 2.18. The molecule has 0 radical (unpaired) electrons. The minimum Gasteiger partial charge on any atom is -0.353 e. The molecule has 21 heavy (non-hydrogen) atoms. The predicted octanol–water partition coefficient (Wildman–Crippen LogP) is 0.965. The quantitative estimate of drug-likeness (QED) is 0.905. The molecule has 2 aromatic heterocycles. The summed E-state index contributed by atoms with van der Waals surface area (Å²) in [6, 6.07) is 5.97. The molecule has 6 nitrogen and oxygen atoms in total. The molecule has 0 bridgehead atoms. The third-order valence-corrected chi connectivity index (χ3v) is 3.84. The molecule has 6 heteroatoms. The number of aryl methyl sites for hydroxylation is 1. The molecule has 0 aliphatic carbocycles. The van der Waals surface area contributed by atoms with Gasteiger partial charge in [0, 0.05) is 50.8 Å². The molecule has 0 aromatic carbocycles. The molecule has 1 aliphatic heterocycles. The van der Waals surface area contributed by atoms with Crippen molar-refractivity contribution in [2.75, 3.05) is 36.0 Å². The van der Waals surface area contributed by atoms with E-state index in [0.717, 1.165) is 49.2 Å². The minimum atomic E-state index is 0.540. The standard InChI is InChI=1S/C15H20N6/c1-12-13(11-16)3-4-14(19-12)20-7-9-21(10-8-20)15-17-5-2-6-18-15/h2-6H,7-11,16H2,1H3. The second-order valence-corrected chi connectivity index (χ2v) is 5.14. The van der Waals surface area contributed by atoms with Crippen molar-refractivity contribution in [1.82, 2.24) is 15.0 Å². The Morgan fingerprint density at radius 2 is 1.71 bits per heavy atom. The lowest BCUT2D eigenvalue weighted by molar-refractivity contribution is 0.633. The van der Waals surface area contributed by atoms with Gasteiger partial charge in [-0.05, 0) is 24.6 Å². The summed E-state index contributed by atoms with van der Waals surface area (Å²) in [4.78, 5) is 17.8. The Hall–Kier alpha value is -2.21. The third kappa shape index (κ3) is 2.95. The lowest BCUT2D eigenvalue weighted by Gasteiger charge is -2.35. The number of nitrogens with two attached hydrogens (primary N) is 1. The lowest BCUT2D eigenvalue weighted by Crippen LogP contribution is -2.47. The van der Waals surface area contributed by atoms with Gasteiger partial charge in [0.1, 0.15) is 5.82 Å². The van der Waals surface area contributed by atoms with Gasteiger partial charge < -0.3 is 15.5 Å². The average molecular weight is 284 g/mol. The molecule has 0 saturated carbocycles. The third-order valence-electron chi connectivity index (χ3n) is 3.84. The van der Waals surface area contributed by atoms with Gasteiger partial charge in [-0.2, -0.15) is 0 Å². The molecule has 3 heterocycles. The number of pyridine rings is 1. The maximum atomic E-state index is 5.69. The Morgan fingerprint density at radius 3 is 2.33 bits per heavy atom. The predicted molar refractivity (Wildman–Crippen MR) is 83.3 cm³/mol. The molecule has 1 saturated heterocycles. The van der Waals surface area contributed by atoms with Gasteiger partial charge in [0.25, 0.3) is 0 Å². The second kappa shape index (κ2) is 6.05. The van der Waals surface area contributed by atoms with E-state index in [9.17, 15) is 0 Å². The maximum absolute atomic E-state index is 5.69. The van der Waals surface area contributed by atoms with Crippen LogP contribution in [0.4, 0.5) is 11.8 Å². The first-order valence-corrected chi connectivity index (χ1v) is 7.21. The van der Waals surface area contributed by atoms with Crippen LogP contribution < -0.4 is 15.5 Å². The number of hydrogen-bond donors (Lipinski definition) is 1. The van der Waals surface area contributed by atoms with Gasteiger partial charge in [0.2, 0.25) is 5.95 Å². The number of hydrogen-bond acceptors (Lipinski definition) is 6. The second-order valence-electron chi connectivity index (χ2n) is 5.14. The number of piperazine rings is 1. The van der Waals surface area contributed by atoms with Crippen LogP contribution in [0.2, 0.25) is 0 Å². The van der Waals surface area contributed by atoms with Crippen LogP contribution in [0.25, 0.3) is 0 Å². The molecule has 2 N–H and O–H groups in total. The Morgan fingerprint density at radius 1 is 1.05 bits per heavy atom. The van der Waals surface area contributed by atoms with E-state index in [-0.39, 0.29) is 0 Å². The zero-order valence-electron chi connectivity index (χ0n) is 12.2. The van der Waals surface area contributed by atoms with Crippen molar-refractivity contribution in [2.45, 2.75) is 13.5 Å². The van der Waals surface area contributed by atoms with Crippen LogP contribution in [-0.4, -0.2) is 41.1 Å². The van der Waals surface area contributed by atoms with Crippen molar-refractivity contribution in [3.05, 3.63) is 41.9 Å². The van der Waals surface area contributed by atoms with E-state index in [2.05, 4.69) is 36.9 Å². The van der Waals surface area contributed by atoms with Crippen molar-refractivity contribution in [3.63, 3.8) is 0 Å². The first-order valence-electron chi connectivity index (χ1n) is 7.21. The van der Waals surface area contributed by atoms with E-state index in [0.29, 0.717) is 6.54 Å². The Labute approximate surface area is 124 Å². The normalized spacial score (nSPS) is 15.3. The van der Waals surface area contributed by atoms with E-state index in [1.165, 1.54) is 0 Å². The minimum absolute atomic E-state index is 0.540. The van der Waals surface area contributed by atoms with Gasteiger partial charge in [0.15, 0.2) is 0 Å². The summed E-state index contributed by atoms with van der Waals surface area (Å²) in [5.41, 5.74) is 7.81. The molecule has 3 rings (SSSR count). The Balaban J connectivity index is 1.67. The van der Waals surface area contributed by atoms with Gasteiger partial charge in [-0.3, -0.25) is 0 Å². The van der Waals surface area contributed by atoms with E-state index >= 15 is 0 Å². The monoisotopic (exact) mass is 284 g/mol. The molecule has 0 spiro atoms. The van der Waals surface area contributed by atoms with Gasteiger partial charge in [-0.25, -0.2) is 15.0 Å². The number of aromatic nitrogens is 3. The molecule has 0 unspecified atom stereocenters. The summed E-state index contributed by atoms with van der Waals surface area (Å²) >= 11 is 0. The summed E-state index contributed by atoms with van der Waals surface area (Å²) in [7, 11) is 0. The Kier molecular flexibility index (Phi) is 3.96. The van der Waals surface area contributed by atoms with Gasteiger partial charge in [-0.1, -0.05) is 6.07 Å². The van der Waals surface area contributed by atoms with Crippen LogP contribution in [0, 0.1) is 6.92 Å². The summed E-state index contributed by atoms with van der Waals surface area (Å²) in [5.74, 6) is 1.83. The maximum Gasteiger partial charge on any atom is 0.225 e. The summed E-state index contributed by atoms with van der Waals surface area (Å²) in [6.07, 6.45) is 3.57. The molecular weight excluding hydrogens is 264 g/mol. The van der Waals surface area contributed by atoms with E-state index < -0.39 is 0 Å². The largest absolute Gasteiger partial charge is 0.353 e. The fourth-order valence-electron chi connectivity index (χ4n) is 2.56. The molecular formula is C15H20N6. The van der Waals surface area contributed by atoms with Crippen LogP contribution in [-0.2, 0) is 6.54 Å². The zero-order chi connectivity index (χ0) is 14.7. The average Bonchev–Trinajstić information content (AvgIpc) is 2.56. The number of rotatable bonds is 3. The fourth-order valence-corrected chi connectivity index (χ4v) is 2.56. The summed E-state index contributed by atoms with van der Waals surface area (Å²) in [6.45, 7) is 6.21.